The number of anilines is 1. The molecule has 3 amide bonds. The first kappa shape index (κ1) is 33.2. The Morgan fingerprint density at radius 1 is 1.00 bits per heavy atom. The molecule has 1 heterocycles. The lowest BCUT2D eigenvalue weighted by atomic mass is 10.0. The summed E-state index contributed by atoms with van der Waals surface area (Å²) in [6.07, 6.45) is -3.32. The molecule has 3 aromatic rings. The topological polar surface area (TPSA) is 123 Å². The number of hydrogen-bond donors (Lipinski definition) is 3. The van der Waals surface area contributed by atoms with Crippen molar-refractivity contribution in [2.24, 2.45) is 0 Å². The molecule has 2 aromatic carbocycles. The van der Waals surface area contributed by atoms with Gasteiger partial charge in [-0.1, -0.05) is 25.1 Å². The van der Waals surface area contributed by atoms with E-state index >= 15 is 0 Å². The maximum Gasteiger partial charge on any atom is 0.416 e. The first-order valence-electron chi connectivity index (χ1n) is 14.0. The molecule has 0 aliphatic rings. The van der Waals surface area contributed by atoms with Gasteiger partial charge in [-0.3, -0.25) is 9.59 Å². The van der Waals surface area contributed by atoms with E-state index in [1.165, 1.54) is 25.1 Å². The molecule has 232 valence electrons. The number of nitrogens with one attached hydrogen (secondary N) is 3. The molecule has 1 aromatic heterocycles. The van der Waals surface area contributed by atoms with E-state index < -0.39 is 29.3 Å². The van der Waals surface area contributed by atoms with Gasteiger partial charge in [0.2, 0.25) is 5.91 Å². The van der Waals surface area contributed by atoms with Crippen molar-refractivity contribution in [1.82, 2.24) is 15.6 Å². The fourth-order valence-corrected chi connectivity index (χ4v) is 4.33. The average Bonchev–Trinajstić information content (AvgIpc) is 3.36. The lowest BCUT2D eigenvalue weighted by Gasteiger charge is -2.19. The molecule has 0 fully saturated rings. The number of ether oxygens (including phenoxy) is 1. The molecule has 1 atom stereocenters. The lowest BCUT2D eigenvalue weighted by Crippen LogP contribution is -2.33. The standard InChI is InChI=1S/C31H37F3N4O5/c1-6-20(11-9-17-35-29(41)43-30(3,4)5)28-38-25(26(42-28)21-13-15-23(16-14-21)37-19(2)39)27(40)36-18-22-10-7-8-12-24(22)31(32,33)34/h7-8,10,12-16,20H,6,9,11,17-18H2,1-5H3,(H,35,41)(H,36,40)(H,37,39). The molecular formula is C31H37F3N4O5. The molecule has 0 aliphatic heterocycles. The fraction of sp³-hybridized carbons (Fsp3) is 0.419. The highest BCUT2D eigenvalue weighted by Gasteiger charge is 2.33. The van der Waals surface area contributed by atoms with E-state index in [1.54, 1.807) is 45.0 Å². The van der Waals surface area contributed by atoms with Crippen molar-refractivity contribution in [3.63, 3.8) is 0 Å². The number of rotatable bonds is 11. The van der Waals surface area contributed by atoms with E-state index in [4.69, 9.17) is 9.15 Å². The first-order chi connectivity index (χ1) is 20.2. The van der Waals surface area contributed by atoms with Gasteiger partial charge >= 0.3 is 12.3 Å². The zero-order valence-corrected chi connectivity index (χ0v) is 24.9. The van der Waals surface area contributed by atoms with Gasteiger partial charge in [0.1, 0.15) is 5.60 Å². The van der Waals surface area contributed by atoms with Crippen LogP contribution < -0.4 is 16.0 Å². The molecule has 0 aliphatic carbocycles. The third-order valence-electron chi connectivity index (χ3n) is 6.33. The summed E-state index contributed by atoms with van der Waals surface area (Å²) in [5.41, 5.74) is -0.577. The van der Waals surface area contributed by atoms with Crippen LogP contribution in [0.25, 0.3) is 11.3 Å². The summed E-state index contributed by atoms with van der Waals surface area (Å²) in [7, 11) is 0. The zero-order valence-electron chi connectivity index (χ0n) is 24.9. The number of hydrogen-bond acceptors (Lipinski definition) is 6. The Labute approximate surface area is 248 Å². The highest BCUT2D eigenvalue weighted by atomic mass is 19.4. The summed E-state index contributed by atoms with van der Waals surface area (Å²) in [4.78, 5) is 41.2. The Kier molecular flexibility index (Phi) is 11.0. The molecule has 0 saturated heterocycles. The van der Waals surface area contributed by atoms with Crippen LogP contribution in [0.15, 0.2) is 52.9 Å². The van der Waals surface area contributed by atoms with Crippen LogP contribution in [0.4, 0.5) is 23.7 Å². The molecule has 43 heavy (non-hydrogen) atoms. The first-order valence-corrected chi connectivity index (χ1v) is 14.0. The third kappa shape index (κ3) is 9.86. The largest absolute Gasteiger partial charge is 0.444 e. The lowest BCUT2D eigenvalue weighted by molar-refractivity contribution is -0.138. The molecule has 0 spiro atoms. The van der Waals surface area contributed by atoms with E-state index in [2.05, 4.69) is 20.9 Å². The summed E-state index contributed by atoms with van der Waals surface area (Å²) in [6, 6.07) is 11.6. The quantitative estimate of drug-likeness (QED) is 0.202. The number of nitrogens with zero attached hydrogens (tertiary/aromatic N) is 1. The normalized spacial score (nSPS) is 12.4. The van der Waals surface area contributed by atoms with Crippen molar-refractivity contribution in [3.8, 4) is 11.3 Å². The maximum atomic E-state index is 13.5. The Balaban J connectivity index is 1.83. The van der Waals surface area contributed by atoms with E-state index in [-0.39, 0.29) is 35.4 Å². The number of carbonyl (C=O) groups is 3. The fourth-order valence-electron chi connectivity index (χ4n) is 4.33. The summed E-state index contributed by atoms with van der Waals surface area (Å²) in [6.45, 7) is 8.62. The van der Waals surface area contributed by atoms with Gasteiger partial charge < -0.3 is 25.1 Å². The van der Waals surface area contributed by atoms with E-state index in [1.807, 2.05) is 6.92 Å². The van der Waals surface area contributed by atoms with Gasteiger partial charge in [0.15, 0.2) is 17.3 Å². The highest BCUT2D eigenvalue weighted by molar-refractivity contribution is 5.98. The summed E-state index contributed by atoms with van der Waals surface area (Å²) < 4.78 is 51.8. The zero-order chi connectivity index (χ0) is 31.8. The van der Waals surface area contributed by atoms with Gasteiger partial charge in [0, 0.05) is 37.2 Å². The molecular weight excluding hydrogens is 565 g/mol. The van der Waals surface area contributed by atoms with Crippen LogP contribution >= 0.6 is 0 Å². The molecule has 0 saturated carbocycles. The van der Waals surface area contributed by atoms with Gasteiger partial charge in [-0.2, -0.15) is 13.2 Å². The molecule has 3 N–H and O–H groups in total. The molecule has 0 radical (unpaired) electrons. The summed E-state index contributed by atoms with van der Waals surface area (Å²) >= 11 is 0. The van der Waals surface area contributed by atoms with Gasteiger partial charge in [-0.25, -0.2) is 9.78 Å². The smallest absolute Gasteiger partial charge is 0.416 e. The molecule has 3 rings (SSSR count). The summed E-state index contributed by atoms with van der Waals surface area (Å²) in [5.74, 6) is -0.710. The van der Waals surface area contributed by atoms with Crippen LogP contribution in [-0.4, -0.2) is 35.0 Å². The van der Waals surface area contributed by atoms with Crippen LogP contribution in [0.5, 0.6) is 0 Å². The Morgan fingerprint density at radius 3 is 2.28 bits per heavy atom. The van der Waals surface area contributed by atoms with Crippen molar-refractivity contribution >= 4 is 23.6 Å². The number of amides is 3. The second-order valence-corrected chi connectivity index (χ2v) is 11.0. The van der Waals surface area contributed by atoms with Gasteiger partial charge in [-0.05, 0) is 75.9 Å². The second kappa shape index (κ2) is 14.2. The van der Waals surface area contributed by atoms with E-state index in [0.29, 0.717) is 42.9 Å². The van der Waals surface area contributed by atoms with Crippen molar-refractivity contribution in [1.29, 1.82) is 0 Å². The second-order valence-electron chi connectivity index (χ2n) is 11.0. The Morgan fingerprint density at radius 2 is 1.67 bits per heavy atom. The molecule has 1 unspecified atom stereocenters. The van der Waals surface area contributed by atoms with Crippen LogP contribution in [0.3, 0.4) is 0 Å². The Bertz CT molecular complexity index is 1410. The van der Waals surface area contributed by atoms with Crippen molar-refractivity contribution < 1.29 is 36.7 Å². The van der Waals surface area contributed by atoms with Gasteiger partial charge in [0.05, 0.1) is 5.56 Å². The predicted molar refractivity (Wildman–Crippen MR) is 155 cm³/mol. The van der Waals surface area contributed by atoms with E-state index in [0.717, 1.165) is 6.07 Å². The third-order valence-corrected chi connectivity index (χ3v) is 6.33. The minimum Gasteiger partial charge on any atom is -0.444 e. The van der Waals surface area contributed by atoms with Crippen LogP contribution in [-0.2, 0) is 22.3 Å². The number of oxazole rings is 1. The average molecular weight is 603 g/mol. The molecule has 12 heteroatoms. The molecule has 9 nitrogen and oxygen atoms in total. The van der Waals surface area contributed by atoms with Crippen LogP contribution in [0.1, 0.15) is 87.3 Å². The van der Waals surface area contributed by atoms with Crippen molar-refractivity contribution in [3.05, 3.63) is 71.2 Å². The number of aromatic nitrogens is 1. The van der Waals surface area contributed by atoms with Crippen LogP contribution in [0.2, 0.25) is 0 Å². The van der Waals surface area contributed by atoms with Crippen LogP contribution in [0, 0.1) is 0 Å². The monoisotopic (exact) mass is 602 g/mol. The van der Waals surface area contributed by atoms with Crippen molar-refractivity contribution in [2.45, 2.75) is 78.1 Å². The minimum absolute atomic E-state index is 0.0721. The Hall–Kier alpha value is -4.35. The number of benzene rings is 2. The number of alkyl carbamates (subject to hydrolysis) is 1. The minimum atomic E-state index is -4.57. The van der Waals surface area contributed by atoms with Gasteiger partial charge in [0.25, 0.3) is 5.91 Å². The SMILES string of the molecule is CCC(CCCNC(=O)OC(C)(C)C)c1nc(C(=O)NCc2ccccc2C(F)(F)F)c(-c2ccc(NC(C)=O)cc2)o1. The van der Waals surface area contributed by atoms with Crippen molar-refractivity contribution in [2.75, 3.05) is 11.9 Å². The predicted octanol–water partition coefficient (Wildman–Crippen LogP) is 7.05. The van der Waals surface area contributed by atoms with E-state index in [9.17, 15) is 27.6 Å². The number of alkyl halides is 3. The number of halogens is 3. The maximum absolute atomic E-state index is 13.5. The van der Waals surface area contributed by atoms with Gasteiger partial charge in [-0.15, -0.1) is 0 Å². The molecule has 0 bridgehead atoms. The highest BCUT2D eigenvalue weighted by Crippen LogP contribution is 2.34. The number of carbonyl (C=O) groups excluding carboxylic acids is 3. The summed E-state index contributed by atoms with van der Waals surface area (Å²) in [5, 5.41) is 7.92.